The van der Waals surface area contributed by atoms with Crippen LogP contribution in [-0.4, -0.2) is 26.5 Å². The van der Waals surface area contributed by atoms with Crippen LogP contribution in [0, 0.1) is 5.82 Å². The van der Waals surface area contributed by atoms with Crippen LogP contribution in [0.4, 0.5) is 4.39 Å². The van der Waals surface area contributed by atoms with Gasteiger partial charge in [-0.15, -0.1) is 0 Å². The van der Waals surface area contributed by atoms with Crippen LogP contribution >= 0.6 is 22.9 Å². The van der Waals surface area contributed by atoms with Crippen LogP contribution in [0.5, 0.6) is 5.88 Å². The van der Waals surface area contributed by atoms with Gasteiger partial charge in [0.1, 0.15) is 12.1 Å². The summed E-state index contributed by atoms with van der Waals surface area (Å²) < 4.78 is 19.5. The molecular formula is C15H10ClFN4OS. The fraction of sp³-hybridized carbons (Fsp3) is 0.133. The molecule has 0 unspecified atom stereocenters. The molecule has 0 spiro atoms. The lowest BCUT2D eigenvalue weighted by molar-refractivity contribution is 0.313. The standard InChI is InChI=1S/C15H10ClFN4OS/c16-15-21-12-13(19-7-20-14(12)23-15)22-4-3-8-6-18-11-2-1-9(17)5-10(8)11/h1-2,5-7,18H,3-4H2. The predicted molar refractivity (Wildman–Crippen MR) is 87.7 cm³/mol. The van der Waals surface area contributed by atoms with Crippen molar-refractivity contribution in [2.45, 2.75) is 6.42 Å². The minimum absolute atomic E-state index is 0.256. The maximum atomic E-state index is 13.4. The number of rotatable bonds is 4. The average molecular weight is 349 g/mol. The van der Waals surface area contributed by atoms with E-state index in [4.69, 9.17) is 16.3 Å². The molecule has 0 amide bonds. The van der Waals surface area contributed by atoms with Gasteiger partial charge in [-0.1, -0.05) is 22.9 Å². The molecule has 0 saturated carbocycles. The molecule has 23 heavy (non-hydrogen) atoms. The highest BCUT2D eigenvalue weighted by atomic mass is 35.5. The number of aromatic nitrogens is 4. The van der Waals surface area contributed by atoms with E-state index in [9.17, 15) is 4.39 Å². The summed E-state index contributed by atoms with van der Waals surface area (Å²) in [6.07, 6.45) is 3.91. The van der Waals surface area contributed by atoms with E-state index < -0.39 is 0 Å². The maximum absolute atomic E-state index is 13.4. The van der Waals surface area contributed by atoms with Crippen LogP contribution in [-0.2, 0) is 6.42 Å². The van der Waals surface area contributed by atoms with Crippen molar-refractivity contribution in [1.29, 1.82) is 0 Å². The zero-order valence-electron chi connectivity index (χ0n) is 11.7. The van der Waals surface area contributed by atoms with Crippen LogP contribution in [0.15, 0.2) is 30.7 Å². The number of nitrogens with one attached hydrogen (secondary N) is 1. The Morgan fingerprint density at radius 1 is 1.30 bits per heavy atom. The first kappa shape index (κ1) is 14.3. The first-order chi connectivity index (χ1) is 11.2. The molecule has 3 aromatic heterocycles. The first-order valence-corrected chi connectivity index (χ1v) is 8.05. The molecule has 1 N–H and O–H groups in total. The zero-order chi connectivity index (χ0) is 15.8. The monoisotopic (exact) mass is 348 g/mol. The summed E-state index contributed by atoms with van der Waals surface area (Å²) in [5, 5.41) is 0.859. The van der Waals surface area contributed by atoms with Crippen LogP contribution in [0.2, 0.25) is 4.47 Å². The van der Waals surface area contributed by atoms with E-state index in [2.05, 4.69) is 19.9 Å². The van der Waals surface area contributed by atoms with E-state index in [-0.39, 0.29) is 5.82 Å². The van der Waals surface area contributed by atoms with Crippen molar-refractivity contribution in [2.75, 3.05) is 6.61 Å². The second-order valence-corrected chi connectivity index (χ2v) is 6.46. The molecule has 0 aliphatic carbocycles. The Labute approximate surface area is 139 Å². The third-order valence-electron chi connectivity index (χ3n) is 3.48. The number of halogens is 2. The van der Waals surface area contributed by atoms with E-state index in [0.29, 0.717) is 33.7 Å². The highest BCUT2D eigenvalue weighted by molar-refractivity contribution is 7.21. The second-order valence-electron chi connectivity index (χ2n) is 4.90. The smallest absolute Gasteiger partial charge is 0.244 e. The SMILES string of the molecule is Fc1ccc2[nH]cc(CCOc3ncnc4sc(Cl)nc34)c2c1. The van der Waals surface area contributed by atoms with E-state index in [1.165, 1.54) is 29.8 Å². The summed E-state index contributed by atoms with van der Waals surface area (Å²) >= 11 is 7.17. The van der Waals surface area contributed by atoms with Crippen molar-refractivity contribution in [2.24, 2.45) is 0 Å². The van der Waals surface area contributed by atoms with Crippen molar-refractivity contribution in [1.82, 2.24) is 19.9 Å². The zero-order valence-corrected chi connectivity index (χ0v) is 13.3. The Kier molecular flexibility index (Phi) is 3.59. The predicted octanol–water partition coefficient (Wildman–Crippen LogP) is 3.98. The number of benzene rings is 1. The molecule has 5 nitrogen and oxygen atoms in total. The molecular weight excluding hydrogens is 339 g/mol. The normalized spacial score (nSPS) is 11.4. The van der Waals surface area contributed by atoms with Gasteiger partial charge in [-0.05, 0) is 23.8 Å². The summed E-state index contributed by atoms with van der Waals surface area (Å²) in [6.45, 7) is 0.394. The Morgan fingerprint density at radius 3 is 3.13 bits per heavy atom. The van der Waals surface area contributed by atoms with Crippen LogP contribution in [0.25, 0.3) is 21.3 Å². The Hall–Kier alpha value is -2.25. The summed E-state index contributed by atoms with van der Waals surface area (Å²) in [7, 11) is 0. The van der Waals surface area contributed by atoms with Gasteiger partial charge in [0.2, 0.25) is 5.88 Å². The van der Waals surface area contributed by atoms with Crippen molar-refractivity contribution < 1.29 is 9.13 Å². The molecule has 0 aliphatic heterocycles. The first-order valence-electron chi connectivity index (χ1n) is 6.86. The number of fused-ring (bicyclic) bond motifs is 2. The summed E-state index contributed by atoms with van der Waals surface area (Å²) in [5.74, 6) is 0.151. The third kappa shape index (κ3) is 2.73. The summed E-state index contributed by atoms with van der Waals surface area (Å²) in [4.78, 5) is 16.2. The minimum Gasteiger partial charge on any atom is -0.476 e. The largest absolute Gasteiger partial charge is 0.476 e. The van der Waals surface area contributed by atoms with Crippen LogP contribution < -0.4 is 4.74 Å². The summed E-state index contributed by atoms with van der Waals surface area (Å²) in [5.41, 5.74) is 2.45. The lowest BCUT2D eigenvalue weighted by atomic mass is 10.1. The van der Waals surface area contributed by atoms with E-state index in [0.717, 1.165) is 16.5 Å². The molecule has 4 aromatic rings. The number of aromatic amines is 1. The average Bonchev–Trinajstić information content (AvgIpc) is 3.10. The summed E-state index contributed by atoms with van der Waals surface area (Å²) in [6, 6.07) is 4.67. The fourth-order valence-corrected chi connectivity index (χ4v) is 3.36. The second kappa shape index (κ2) is 5.75. The fourth-order valence-electron chi connectivity index (χ4n) is 2.43. The quantitative estimate of drug-likeness (QED) is 0.606. The van der Waals surface area contributed by atoms with Gasteiger partial charge in [0.05, 0.1) is 6.61 Å². The van der Waals surface area contributed by atoms with Gasteiger partial charge in [-0.2, -0.15) is 4.98 Å². The lowest BCUT2D eigenvalue weighted by Gasteiger charge is -2.04. The number of thiazole rings is 1. The Balaban J connectivity index is 1.53. The van der Waals surface area contributed by atoms with Crippen molar-refractivity contribution in [3.05, 3.63) is 46.6 Å². The molecule has 0 bridgehead atoms. The number of H-pyrrole nitrogens is 1. The van der Waals surface area contributed by atoms with Gasteiger partial charge in [-0.3, -0.25) is 0 Å². The Bertz CT molecular complexity index is 1000. The Morgan fingerprint density at radius 2 is 2.22 bits per heavy atom. The lowest BCUT2D eigenvalue weighted by Crippen LogP contribution is -2.03. The highest BCUT2D eigenvalue weighted by Crippen LogP contribution is 2.28. The molecule has 0 saturated heterocycles. The third-order valence-corrected chi connectivity index (χ3v) is 4.54. The van der Waals surface area contributed by atoms with E-state index in [1.54, 1.807) is 6.07 Å². The van der Waals surface area contributed by atoms with Gasteiger partial charge in [0.25, 0.3) is 0 Å². The molecule has 0 aliphatic rings. The van der Waals surface area contributed by atoms with Gasteiger partial charge in [0.15, 0.2) is 14.8 Å². The van der Waals surface area contributed by atoms with Crippen molar-refractivity contribution >= 4 is 44.2 Å². The van der Waals surface area contributed by atoms with E-state index in [1.807, 2.05) is 6.20 Å². The van der Waals surface area contributed by atoms with Crippen LogP contribution in [0.1, 0.15) is 5.56 Å². The number of hydrogen-bond donors (Lipinski definition) is 1. The van der Waals surface area contributed by atoms with Gasteiger partial charge >= 0.3 is 0 Å². The van der Waals surface area contributed by atoms with Gasteiger partial charge in [0, 0.05) is 23.5 Å². The van der Waals surface area contributed by atoms with Crippen LogP contribution in [0.3, 0.4) is 0 Å². The van der Waals surface area contributed by atoms with Gasteiger partial charge in [-0.25, -0.2) is 14.4 Å². The number of ether oxygens (including phenoxy) is 1. The topological polar surface area (TPSA) is 63.7 Å². The molecule has 0 fully saturated rings. The molecule has 0 radical (unpaired) electrons. The molecule has 116 valence electrons. The van der Waals surface area contributed by atoms with Crippen molar-refractivity contribution in [3.63, 3.8) is 0 Å². The molecule has 3 heterocycles. The molecule has 1 aromatic carbocycles. The highest BCUT2D eigenvalue weighted by Gasteiger charge is 2.11. The van der Waals surface area contributed by atoms with E-state index >= 15 is 0 Å². The number of nitrogens with zero attached hydrogens (tertiary/aromatic N) is 3. The maximum Gasteiger partial charge on any atom is 0.244 e. The molecule has 4 rings (SSSR count). The minimum atomic E-state index is -0.256. The number of hydrogen-bond acceptors (Lipinski definition) is 5. The van der Waals surface area contributed by atoms with Gasteiger partial charge < -0.3 is 9.72 Å². The molecule has 8 heteroatoms. The molecule has 0 atom stereocenters. The van der Waals surface area contributed by atoms with Crippen molar-refractivity contribution in [3.8, 4) is 5.88 Å².